The molecular formula is C14H15FN2O2S2. The summed E-state index contributed by atoms with van der Waals surface area (Å²) in [6.45, 7) is 0.204. The van der Waals surface area contributed by atoms with E-state index in [2.05, 4.69) is 4.72 Å². The van der Waals surface area contributed by atoms with E-state index >= 15 is 0 Å². The summed E-state index contributed by atoms with van der Waals surface area (Å²) in [7, 11) is -3.89. The Morgan fingerprint density at radius 1 is 1.14 bits per heavy atom. The summed E-state index contributed by atoms with van der Waals surface area (Å²) in [4.78, 5) is 0.624. The molecule has 112 valence electrons. The zero-order valence-corrected chi connectivity index (χ0v) is 12.8. The van der Waals surface area contributed by atoms with Crippen LogP contribution in [0.4, 0.5) is 10.1 Å². The maximum Gasteiger partial charge on any atom is 0.243 e. The summed E-state index contributed by atoms with van der Waals surface area (Å²) in [6.07, 6.45) is 0. The SMILES string of the molecule is Nc1ccc(F)c(S(=O)(=O)NCCSc2ccccc2)c1. The van der Waals surface area contributed by atoms with Gasteiger partial charge >= 0.3 is 0 Å². The van der Waals surface area contributed by atoms with Gasteiger partial charge in [-0.1, -0.05) is 18.2 Å². The molecule has 0 spiro atoms. The molecule has 0 radical (unpaired) electrons. The van der Waals surface area contributed by atoms with Gasteiger partial charge in [-0.15, -0.1) is 11.8 Å². The average Bonchev–Trinajstić information content (AvgIpc) is 2.47. The predicted octanol–water partition coefficient (Wildman–Crippen LogP) is 2.48. The number of nitrogen functional groups attached to an aromatic ring is 1. The van der Waals surface area contributed by atoms with Gasteiger partial charge in [0.15, 0.2) is 0 Å². The first-order valence-electron chi connectivity index (χ1n) is 6.21. The van der Waals surface area contributed by atoms with Crippen LogP contribution in [0.2, 0.25) is 0 Å². The molecular weight excluding hydrogens is 311 g/mol. The first kappa shape index (κ1) is 15.8. The van der Waals surface area contributed by atoms with E-state index < -0.39 is 20.7 Å². The lowest BCUT2D eigenvalue weighted by Gasteiger charge is -2.08. The van der Waals surface area contributed by atoms with Gasteiger partial charge in [-0.3, -0.25) is 0 Å². The van der Waals surface area contributed by atoms with Gasteiger partial charge in [-0.2, -0.15) is 0 Å². The standard InChI is InChI=1S/C14H15FN2O2S2/c15-13-7-6-11(16)10-14(13)21(18,19)17-8-9-20-12-4-2-1-3-5-12/h1-7,10,17H,8-9,16H2. The van der Waals surface area contributed by atoms with E-state index in [4.69, 9.17) is 5.73 Å². The van der Waals surface area contributed by atoms with E-state index in [-0.39, 0.29) is 12.2 Å². The Kier molecular flexibility index (Phi) is 5.22. The van der Waals surface area contributed by atoms with Crippen LogP contribution in [0.5, 0.6) is 0 Å². The third-order valence-corrected chi connectivity index (χ3v) is 5.14. The largest absolute Gasteiger partial charge is 0.399 e. The van der Waals surface area contributed by atoms with Crippen molar-refractivity contribution in [3.63, 3.8) is 0 Å². The third-order valence-electron chi connectivity index (χ3n) is 2.65. The van der Waals surface area contributed by atoms with Crippen molar-refractivity contribution >= 4 is 27.5 Å². The Morgan fingerprint density at radius 2 is 1.86 bits per heavy atom. The number of sulfonamides is 1. The molecule has 0 aromatic heterocycles. The topological polar surface area (TPSA) is 72.2 Å². The highest BCUT2D eigenvalue weighted by Crippen LogP contribution is 2.18. The van der Waals surface area contributed by atoms with E-state index in [9.17, 15) is 12.8 Å². The Balaban J connectivity index is 1.94. The highest BCUT2D eigenvalue weighted by Gasteiger charge is 2.18. The molecule has 2 aromatic carbocycles. The van der Waals surface area contributed by atoms with Crippen LogP contribution in [0.15, 0.2) is 58.3 Å². The number of benzene rings is 2. The molecule has 0 heterocycles. The van der Waals surface area contributed by atoms with Crippen LogP contribution >= 0.6 is 11.8 Å². The van der Waals surface area contributed by atoms with E-state index in [1.165, 1.54) is 17.8 Å². The maximum absolute atomic E-state index is 13.6. The van der Waals surface area contributed by atoms with Crippen molar-refractivity contribution in [2.45, 2.75) is 9.79 Å². The fraction of sp³-hybridized carbons (Fsp3) is 0.143. The number of nitrogens with one attached hydrogen (secondary N) is 1. The molecule has 0 saturated carbocycles. The average molecular weight is 326 g/mol. The van der Waals surface area contributed by atoms with Crippen molar-refractivity contribution in [2.75, 3.05) is 18.0 Å². The second-order valence-electron chi connectivity index (χ2n) is 4.25. The van der Waals surface area contributed by atoms with Gasteiger partial charge in [0.2, 0.25) is 10.0 Å². The van der Waals surface area contributed by atoms with Crippen LogP contribution in [0.3, 0.4) is 0 Å². The molecule has 2 rings (SSSR count). The summed E-state index contributed by atoms with van der Waals surface area (Å²) < 4.78 is 39.9. The van der Waals surface area contributed by atoms with E-state index in [0.717, 1.165) is 17.0 Å². The second kappa shape index (κ2) is 6.93. The number of nitrogens with two attached hydrogens (primary N) is 1. The van der Waals surface area contributed by atoms with Crippen LogP contribution in [0.1, 0.15) is 0 Å². The first-order valence-corrected chi connectivity index (χ1v) is 8.68. The van der Waals surface area contributed by atoms with Gasteiger partial charge in [0.1, 0.15) is 10.7 Å². The number of anilines is 1. The fourth-order valence-corrected chi connectivity index (χ4v) is 3.73. The lowest BCUT2D eigenvalue weighted by atomic mass is 10.3. The van der Waals surface area contributed by atoms with Gasteiger partial charge in [-0.05, 0) is 30.3 Å². The molecule has 0 atom stereocenters. The first-order chi connectivity index (χ1) is 9.99. The molecule has 0 fully saturated rings. The third kappa shape index (κ3) is 4.45. The normalized spacial score (nSPS) is 11.5. The fourth-order valence-electron chi connectivity index (χ4n) is 1.67. The van der Waals surface area contributed by atoms with Gasteiger partial charge in [-0.25, -0.2) is 17.5 Å². The minimum absolute atomic E-state index is 0.204. The number of rotatable bonds is 6. The highest BCUT2D eigenvalue weighted by atomic mass is 32.2. The highest BCUT2D eigenvalue weighted by molar-refractivity contribution is 7.99. The van der Waals surface area contributed by atoms with Crippen LogP contribution < -0.4 is 10.5 Å². The number of hydrogen-bond acceptors (Lipinski definition) is 4. The quantitative estimate of drug-likeness (QED) is 0.486. The lowest BCUT2D eigenvalue weighted by Crippen LogP contribution is -2.27. The Labute approximate surface area is 127 Å². The molecule has 0 aliphatic carbocycles. The summed E-state index contributed by atoms with van der Waals surface area (Å²) in [5, 5.41) is 0. The molecule has 0 unspecified atom stereocenters. The summed E-state index contributed by atoms with van der Waals surface area (Å²) in [5.41, 5.74) is 5.70. The van der Waals surface area contributed by atoms with E-state index in [0.29, 0.717) is 5.75 Å². The molecule has 0 bridgehead atoms. The molecule has 4 nitrogen and oxygen atoms in total. The smallest absolute Gasteiger partial charge is 0.243 e. The minimum atomic E-state index is -3.89. The zero-order valence-electron chi connectivity index (χ0n) is 11.1. The van der Waals surface area contributed by atoms with Crippen LogP contribution in [-0.4, -0.2) is 20.7 Å². The van der Waals surface area contributed by atoms with E-state index in [1.807, 2.05) is 30.3 Å². The van der Waals surface area contributed by atoms with Crippen molar-refractivity contribution in [2.24, 2.45) is 0 Å². The minimum Gasteiger partial charge on any atom is -0.399 e. The number of thioether (sulfide) groups is 1. The van der Waals surface area contributed by atoms with Crippen molar-refractivity contribution in [1.29, 1.82) is 0 Å². The summed E-state index contributed by atoms with van der Waals surface area (Å²) >= 11 is 1.52. The molecule has 3 N–H and O–H groups in total. The maximum atomic E-state index is 13.6. The summed E-state index contributed by atoms with van der Waals surface area (Å²) in [6, 6.07) is 13.1. The molecule has 0 amide bonds. The van der Waals surface area contributed by atoms with Crippen LogP contribution in [0.25, 0.3) is 0 Å². The van der Waals surface area contributed by atoms with Gasteiger partial charge in [0.05, 0.1) is 0 Å². The van der Waals surface area contributed by atoms with Gasteiger partial charge in [0.25, 0.3) is 0 Å². The van der Waals surface area contributed by atoms with Crippen molar-refractivity contribution in [1.82, 2.24) is 4.72 Å². The van der Waals surface area contributed by atoms with Crippen LogP contribution in [-0.2, 0) is 10.0 Å². The Hall–Kier alpha value is -1.57. The van der Waals surface area contributed by atoms with Gasteiger partial charge in [0, 0.05) is 22.9 Å². The molecule has 0 aliphatic heterocycles. The molecule has 21 heavy (non-hydrogen) atoms. The zero-order chi connectivity index (χ0) is 15.3. The molecule has 0 aliphatic rings. The molecule has 0 saturated heterocycles. The Bertz CT molecular complexity index is 706. The van der Waals surface area contributed by atoms with Crippen molar-refractivity contribution < 1.29 is 12.8 Å². The predicted molar refractivity (Wildman–Crippen MR) is 83.2 cm³/mol. The summed E-state index contributed by atoms with van der Waals surface area (Å²) in [5.74, 6) is -0.264. The molecule has 2 aromatic rings. The van der Waals surface area contributed by atoms with Crippen LogP contribution in [0, 0.1) is 5.82 Å². The van der Waals surface area contributed by atoms with E-state index in [1.54, 1.807) is 0 Å². The number of hydrogen-bond donors (Lipinski definition) is 2. The lowest BCUT2D eigenvalue weighted by molar-refractivity contribution is 0.559. The number of halogens is 1. The van der Waals surface area contributed by atoms with Crippen molar-refractivity contribution in [3.8, 4) is 0 Å². The van der Waals surface area contributed by atoms with Crippen molar-refractivity contribution in [3.05, 3.63) is 54.3 Å². The monoisotopic (exact) mass is 326 g/mol. The Morgan fingerprint density at radius 3 is 2.57 bits per heavy atom. The van der Waals surface area contributed by atoms with Gasteiger partial charge < -0.3 is 5.73 Å². The second-order valence-corrected chi connectivity index (χ2v) is 7.15. The molecule has 7 heteroatoms.